The number of hydrogen-bond donors (Lipinski definition) is 3. The highest BCUT2D eigenvalue weighted by Gasteiger charge is 2.18. The number of carboxylic acid groups (broad SMARTS) is 1. The molecular weight excluding hydrogens is 390 g/mol. The Morgan fingerprint density at radius 3 is 2.86 bits per heavy atom. The summed E-state index contributed by atoms with van der Waals surface area (Å²) in [4.78, 5) is 28.4. The predicted molar refractivity (Wildman–Crippen MR) is 111 cm³/mol. The summed E-state index contributed by atoms with van der Waals surface area (Å²) in [5, 5.41) is 14.8. The molecule has 1 amide bonds. The molecule has 0 fully saturated rings. The maximum Gasteiger partial charge on any atom is 0.307 e. The van der Waals surface area contributed by atoms with Crippen molar-refractivity contribution in [1.29, 1.82) is 0 Å². The Bertz CT molecular complexity index is 1210. The summed E-state index contributed by atoms with van der Waals surface area (Å²) in [5.74, 6) is -1.38. The van der Waals surface area contributed by atoms with E-state index in [1.165, 1.54) is 11.3 Å². The van der Waals surface area contributed by atoms with Crippen molar-refractivity contribution < 1.29 is 19.1 Å². The van der Waals surface area contributed by atoms with E-state index in [4.69, 9.17) is 15.3 Å². The number of hydrogen-bond acceptors (Lipinski definition) is 6. The van der Waals surface area contributed by atoms with E-state index in [1.807, 2.05) is 24.3 Å². The van der Waals surface area contributed by atoms with E-state index >= 15 is 0 Å². The molecule has 7 nitrogen and oxygen atoms in total. The quantitative estimate of drug-likeness (QED) is 0.446. The van der Waals surface area contributed by atoms with Crippen molar-refractivity contribution in [3.63, 3.8) is 0 Å². The van der Waals surface area contributed by atoms with Gasteiger partial charge >= 0.3 is 5.97 Å². The zero-order valence-electron chi connectivity index (χ0n) is 15.2. The van der Waals surface area contributed by atoms with E-state index in [0.29, 0.717) is 28.4 Å². The second-order valence-electron chi connectivity index (χ2n) is 6.40. The Morgan fingerprint density at radius 1 is 1.21 bits per heavy atom. The van der Waals surface area contributed by atoms with Crippen LogP contribution in [0.25, 0.3) is 22.2 Å². The van der Waals surface area contributed by atoms with Gasteiger partial charge in [-0.25, -0.2) is 4.98 Å². The van der Waals surface area contributed by atoms with Gasteiger partial charge in [0.05, 0.1) is 17.7 Å². The van der Waals surface area contributed by atoms with E-state index in [2.05, 4.69) is 10.3 Å². The normalized spacial score (nSPS) is 10.9. The number of aromatic nitrogens is 1. The number of rotatable bonds is 6. The van der Waals surface area contributed by atoms with Gasteiger partial charge in [-0.2, -0.15) is 0 Å². The number of carbonyl (C=O) groups excluding carboxylic acids is 1. The van der Waals surface area contributed by atoms with Gasteiger partial charge in [0, 0.05) is 17.5 Å². The second-order valence-corrected chi connectivity index (χ2v) is 7.32. The molecule has 4 aromatic rings. The van der Waals surface area contributed by atoms with Gasteiger partial charge < -0.3 is 20.6 Å². The number of furan rings is 1. The fourth-order valence-corrected chi connectivity index (χ4v) is 3.86. The summed E-state index contributed by atoms with van der Waals surface area (Å²) in [6, 6.07) is 12.7. The molecule has 0 aliphatic heterocycles. The van der Waals surface area contributed by atoms with Crippen molar-refractivity contribution >= 4 is 39.2 Å². The molecular formula is C21H17N3O4S. The van der Waals surface area contributed by atoms with E-state index in [1.54, 1.807) is 29.8 Å². The van der Waals surface area contributed by atoms with Crippen molar-refractivity contribution in [2.45, 2.75) is 13.0 Å². The van der Waals surface area contributed by atoms with Crippen LogP contribution in [0.3, 0.4) is 0 Å². The van der Waals surface area contributed by atoms with Crippen molar-refractivity contribution in [2.75, 3.05) is 5.32 Å². The van der Waals surface area contributed by atoms with Crippen molar-refractivity contribution in [2.24, 2.45) is 5.73 Å². The number of nitrogens with one attached hydrogen (secondary N) is 1. The van der Waals surface area contributed by atoms with Crippen molar-refractivity contribution in [3.8, 4) is 11.3 Å². The van der Waals surface area contributed by atoms with E-state index in [9.17, 15) is 9.59 Å². The number of anilines is 1. The molecule has 0 saturated carbocycles. The van der Waals surface area contributed by atoms with Gasteiger partial charge in [-0.3, -0.25) is 9.59 Å². The molecule has 8 heteroatoms. The fourth-order valence-electron chi connectivity index (χ4n) is 3.05. The first kappa shape index (κ1) is 18.9. The summed E-state index contributed by atoms with van der Waals surface area (Å²) >= 11 is 1.27. The largest absolute Gasteiger partial charge is 0.481 e. The zero-order chi connectivity index (χ0) is 20.4. The molecule has 0 bridgehead atoms. The number of carboxylic acids is 1. The second kappa shape index (κ2) is 7.86. The highest BCUT2D eigenvalue weighted by molar-refractivity contribution is 7.14. The average molecular weight is 407 g/mol. The summed E-state index contributed by atoms with van der Waals surface area (Å²) in [5.41, 5.74) is 9.37. The topological polar surface area (TPSA) is 118 Å². The lowest BCUT2D eigenvalue weighted by molar-refractivity contribution is -0.136. The Hall–Kier alpha value is -3.49. The first-order valence-corrected chi connectivity index (χ1v) is 9.70. The van der Waals surface area contributed by atoms with Crippen LogP contribution in [0.1, 0.15) is 21.6 Å². The molecule has 0 aliphatic carbocycles. The van der Waals surface area contributed by atoms with Crippen LogP contribution < -0.4 is 11.1 Å². The van der Waals surface area contributed by atoms with E-state index in [0.717, 1.165) is 16.5 Å². The zero-order valence-corrected chi connectivity index (χ0v) is 16.0. The minimum absolute atomic E-state index is 0.162. The highest BCUT2D eigenvalue weighted by atomic mass is 32.1. The number of pyridine rings is 1. The first-order valence-electron chi connectivity index (χ1n) is 8.82. The van der Waals surface area contributed by atoms with Gasteiger partial charge in [0.15, 0.2) is 5.58 Å². The summed E-state index contributed by atoms with van der Waals surface area (Å²) in [6.07, 6.45) is 1.39. The number of nitrogens with two attached hydrogens (primary N) is 1. The first-order chi connectivity index (χ1) is 14.0. The molecule has 0 spiro atoms. The summed E-state index contributed by atoms with van der Waals surface area (Å²) in [7, 11) is 0. The molecule has 29 heavy (non-hydrogen) atoms. The van der Waals surface area contributed by atoms with Crippen molar-refractivity contribution in [3.05, 3.63) is 70.9 Å². The number of thiophene rings is 1. The lowest BCUT2D eigenvalue weighted by Crippen LogP contribution is -2.15. The molecule has 0 aliphatic rings. The lowest BCUT2D eigenvalue weighted by Gasteiger charge is -2.09. The van der Waals surface area contributed by atoms with Crippen LogP contribution in [0, 0.1) is 0 Å². The number of fused-ring (bicyclic) bond motifs is 1. The Labute approximate surface area is 169 Å². The van der Waals surface area contributed by atoms with Crippen LogP contribution in [-0.2, 0) is 17.8 Å². The maximum absolute atomic E-state index is 12.9. The third-order valence-electron chi connectivity index (χ3n) is 4.42. The van der Waals surface area contributed by atoms with Crippen LogP contribution >= 0.6 is 11.3 Å². The molecule has 0 atom stereocenters. The lowest BCUT2D eigenvalue weighted by atomic mass is 10.1. The third-order valence-corrected chi connectivity index (χ3v) is 5.29. The SMILES string of the molecule is NCc1cccc(-c2nc(C(=O)Nc3sccc3CC(=O)O)cc3ccoc23)c1. The van der Waals surface area contributed by atoms with Crippen LogP contribution in [0.15, 0.2) is 58.5 Å². The van der Waals surface area contributed by atoms with Crippen LogP contribution in [0.5, 0.6) is 0 Å². The Balaban J connectivity index is 1.72. The van der Waals surface area contributed by atoms with Gasteiger partial charge in [0.1, 0.15) is 11.4 Å². The molecule has 1 aromatic carbocycles. The summed E-state index contributed by atoms with van der Waals surface area (Å²) < 4.78 is 5.59. The van der Waals surface area contributed by atoms with E-state index in [-0.39, 0.29) is 12.1 Å². The highest BCUT2D eigenvalue weighted by Crippen LogP contribution is 2.30. The van der Waals surface area contributed by atoms with Gasteiger partial charge in [-0.05, 0) is 40.8 Å². The molecule has 3 heterocycles. The van der Waals surface area contributed by atoms with Crippen LogP contribution in [0.2, 0.25) is 0 Å². The van der Waals surface area contributed by atoms with Crippen LogP contribution in [-0.4, -0.2) is 22.0 Å². The molecule has 0 saturated heterocycles. The number of carbonyl (C=O) groups is 2. The predicted octanol–water partition coefficient (Wildman–Crippen LogP) is 3.89. The number of nitrogens with zero attached hydrogens (tertiary/aromatic N) is 1. The molecule has 146 valence electrons. The molecule has 4 rings (SSSR count). The average Bonchev–Trinajstić information content (AvgIpc) is 3.36. The Kier molecular flexibility index (Phi) is 5.11. The summed E-state index contributed by atoms with van der Waals surface area (Å²) in [6.45, 7) is 0.389. The molecule has 3 aromatic heterocycles. The van der Waals surface area contributed by atoms with Crippen LogP contribution in [0.4, 0.5) is 5.00 Å². The van der Waals surface area contributed by atoms with Crippen molar-refractivity contribution in [1.82, 2.24) is 4.98 Å². The van der Waals surface area contributed by atoms with Gasteiger partial charge in [0.25, 0.3) is 5.91 Å². The fraction of sp³-hybridized carbons (Fsp3) is 0.0952. The monoisotopic (exact) mass is 407 g/mol. The molecule has 0 radical (unpaired) electrons. The minimum Gasteiger partial charge on any atom is -0.481 e. The third kappa shape index (κ3) is 3.89. The smallest absolute Gasteiger partial charge is 0.307 e. The number of amides is 1. The van der Waals surface area contributed by atoms with Gasteiger partial charge in [0.2, 0.25) is 0 Å². The minimum atomic E-state index is -0.959. The maximum atomic E-state index is 12.9. The Morgan fingerprint density at radius 2 is 2.07 bits per heavy atom. The number of benzene rings is 1. The van der Waals surface area contributed by atoms with Gasteiger partial charge in [-0.15, -0.1) is 11.3 Å². The van der Waals surface area contributed by atoms with E-state index < -0.39 is 11.9 Å². The molecule has 4 N–H and O–H groups in total. The number of aliphatic carboxylic acids is 1. The van der Waals surface area contributed by atoms with Gasteiger partial charge in [-0.1, -0.05) is 18.2 Å². The molecule has 0 unspecified atom stereocenters. The standard InChI is InChI=1S/C21H17N3O4S/c22-11-12-2-1-3-13(8-12)18-19-14(4-6-28-19)9-16(23-18)20(27)24-21-15(5-7-29-21)10-17(25)26/h1-9H,10-11,22H2,(H,24,27)(H,25,26).